The van der Waals surface area contributed by atoms with Crippen LogP contribution < -0.4 is 5.32 Å². The summed E-state index contributed by atoms with van der Waals surface area (Å²) >= 11 is 0. The third kappa shape index (κ3) is 8.01. The van der Waals surface area contributed by atoms with Gasteiger partial charge in [-0.05, 0) is 49.9 Å². The van der Waals surface area contributed by atoms with Gasteiger partial charge in [0.15, 0.2) is 0 Å². The van der Waals surface area contributed by atoms with Gasteiger partial charge in [0.05, 0.1) is 13.2 Å². The lowest BCUT2D eigenvalue weighted by Crippen LogP contribution is -2.53. The maximum atomic E-state index is 14.0. The highest BCUT2D eigenvalue weighted by Gasteiger charge is 2.34. The van der Waals surface area contributed by atoms with Gasteiger partial charge in [0.2, 0.25) is 11.8 Å². The number of hydrogen-bond acceptors (Lipinski definition) is 5. The number of morpholine rings is 1. The van der Waals surface area contributed by atoms with Crippen molar-refractivity contribution in [3.05, 3.63) is 29.8 Å². The minimum atomic E-state index is -0.151. The number of carbonyl (C=O) groups excluding carboxylic acids is 3. The molecule has 0 bridgehead atoms. The minimum Gasteiger partial charge on any atom is -0.379 e. The first-order chi connectivity index (χ1) is 18.0. The zero-order chi connectivity index (χ0) is 26.0. The quantitative estimate of drug-likeness (QED) is 0.543. The Balaban J connectivity index is 1.50. The van der Waals surface area contributed by atoms with E-state index in [1.165, 1.54) is 45.4 Å². The van der Waals surface area contributed by atoms with Crippen LogP contribution in [0, 0.1) is 0 Å². The molecule has 1 aromatic rings. The number of carbonyl (C=O) groups is 3. The Morgan fingerprint density at radius 2 is 1.46 bits per heavy atom. The summed E-state index contributed by atoms with van der Waals surface area (Å²) in [5.41, 5.74) is 1.19. The zero-order valence-electron chi connectivity index (χ0n) is 22.5. The van der Waals surface area contributed by atoms with Crippen LogP contribution in [-0.4, -0.2) is 90.4 Å². The van der Waals surface area contributed by atoms with Gasteiger partial charge in [-0.25, -0.2) is 0 Å². The Kier molecular flexibility index (Phi) is 10.4. The van der Waals surface area contributed by atoms with Crippen molar-refractivity contribution in [1.82, 2.24) is 14.7 Å². The number of benzene rings is 1. The van der Waals surface area contributed by atoms with Gasteiger partial charge in [0, 0.05) is 56.4 Å². The van der Waals surface area contributed by atoms with E-state index >= 15 is 0 Å². The molecule has 8 heteroatoms. The fourth-order valence-corrected chi connectivity index (χ4v) is 6.09. The third-order valence-electron chi connectivity index (χ3n) is 8.08. The average Bonchev–Trinajstić information content (AvgIpc) is 2.93. The first-order valence-corrected chi connectivity index (χ1v) is 14.3. The molecule has 1 aliphatic heterocycles. The van der Waals surface area contributed by atoms with Crippen LogP contribution in [0.4, 0.5) is 5.69 Å². The van der Waals surface area contributed by atoms with Crippen LogP contribution >= 0.6 is 0 Å². The van der Waals surface area contributed by atoms with E-state index in [1.54, 1.807) is 29.2 Å². The molecule has 3 fully saturated rings. The lowest BCUT2D eigenvalue weighted by molar-refractivity contribution is -0.138. The molecule has 8 nitrogen and oxygen atoms in total. The molecule has 0 radical (unpaired) electrons. The van der Waals surface area contributed by atoms with Crippen LogP contribution in [0.3, 0.4) is 0 Å². The number of nitrogens with zero attached hydrogens (tertiary/aromatic N) is 3. The van der Waals surface area contributed by atoms with Crippen molar-refractivity contribution < 1.29 is 19.1 Å². The summed E-state index contributed by atoms with van der Waals surface area (Å²) in [6.07, 6.45) is 11.5. The molecule has 2 saturated carbocycles. The van der Waals surface area contributed by atoms with Crippen molar-refractivity contribution in [2.24, 2.45) is 0 Å². The van der Waals surface area contributed by atoms with Gasteiger partial charge < -0.3 is 19.9 Å². The van der Waals surface area contributed by atoms with Gasteiger partial charge in [-0.15, -0.1) is 0 Å². The summed E-state index contributed by atoms with van der Waals surface area (Å²) in [6.45, 7) is 5.89. The highest BCUT2D eigenvalue weighted by atomic mass is 16.5. The molecule has 1 aromatic carbocycles. The Bertz CT molecular complexity index is 870. The molecule has 37 heavy (non-hydrogen) atoms. The summed E-state index contributed by atoms with van der Waals surface area (Å²) in [6, 6.07) is 7.56. The number of amides is 3. The third-order valence-corrected chi connectivity index (χ3v) is 8.08. The predicted molar refractivity (Wildman–Crippen MR) is 145 cm³/mol. The van der Waals surface area contributed by atoms with E-state index in [4.69, 9.17) is 4.74 Å². The highest BCUT2D eigenvalue weighted by Crippen LogP contribution is 2.30. The second-order valence-corrected chi connectivity index (χ2v) is 10.8. The molecule has 1 heterocycles. The van der Waals surface area contributed by atoms with Crippen LogP contribution in [0.5, 0.6) is 0 Å². The van der Waals surface area contributed by atoms with E-state index in [0.29, 0.717) is 43.1 Å². The van der Waals surface area contributed by atoms with Gasteiger partial charge in [0.1, 0.15) is 6.54 Å². The van der Waals surface area contributed by atoms with Crippen molar-refractivity contribution in [3.63, 3.8) is 0 Å². The SMILES string of the molecule is CC(=O)Nc1ccc(C(=O)N(CCN2CCOCC2)CC(=O)N(C2CCCCC2)C2CCCCC2)cc1. The van der Waals surface area contributed by atoms with Gasteiger partial charge >= 0.3 is 0 Å². The Morgan fingerprint density at radius 1 is 0.892 bits per heavy atom. The summed E-state index contributed by atoms with van der Waals surface area (Å²) in [5, 5.41) is 2.75. The molecule has 0 unspecified atom stereocenters. The molecule has 0 spiro atoms. The molecule has 1 N–H and O–H groups in total. The monoisotopic (exact) mass is 512 g/mol. The maximum absolute atomic E-state index is 14.0. The number of hydrogen-bond donors (Lipinski definition) is 1. The molecular formula is C29H44N4O4. The lowest BCUT2D eigenvalue weighted by atomic mass is 9.88. The number of nitrogens with one attached hydrogen (secondary N) is 1. The van der Waals surface area contributed by atoms with E-state index in [9.17, 15) is 14.4 Å². The highest BCUT2D eigenvalue weighted by molar-refractivity contribution is 5.97. The number of anilines is 1. The van der Waals surface area contributed by atoms with Gasteiger partial charge in [-0.3, -0.25) is 19.3 Å². The second kappa shape index (κ2) is 13.9. The molecular weight excluding hydrogens is 468 g/mol. The molecule has 2 aliphatic carbocycles. The molecule has 204 valence electrons. The van der Waals surface area contributed by atoms with E-state index in [-0.39, 0.29) is 24.3 Å². The second-order valence-electron chi connectivity index (χ2n) is 10.8. The summed E-state index contributed by atoms with van der Waals surface area (Å²) in [5.74, 6) is -0.186. The van der Waals surface area contributed by atoms with E-state index in [1.807, 2.05) is 0 Å². The topological polar surface area (TPSA) is 82.2 Å². The standard InChI is InChI=1S/C29H44N4O4/c1-23(34)30-25-14-12-24(13-15-25)29(36)32(17-16-31-18-20-37-21-19-31)22-28(35)33(26-8-4-2-5-9-26)27-10-6-3-7-11-27/h12-15,26-27H,2-11,16-22H2,1H3,(H,30,34). The van der Waals surface area contributed by atoms with Crippen LogP contribution in [0.15, 0.2) is 24.3 Å². The molecule has 1 saturated heterocycles. The first kappa shape index (κ1) is 27.6. The molecule has 3 amide bonds. The summed E-state index contributed by atoms with van der Waals surface area (Å²) in [4.78, 5) is 45.3. The zero-order valence-corrected chi connectivity index (χ0v) is 22.5. The maximum Gasteiger partial charge on any atom is 0.254 e. The van der Waals surface area contributed by atoms with Gasteiger partial charge in [-0.2, -0.15) is 0 Å². The van der Waals surface area contributed by atoms with Crippen molar-refractivity contribution in [1.29, 1.82) is 0 Å². The number of ether oxygens (including phenoxy) is 1. The molecule has 3 aliphatic rings. The fourth-order valence-electron chi connectivity index (χ4n) is 6.09. The van der Waals surface area contributed by atoms with E-state index in [2.05, 4.69) is 15.1 Å². The van der Waals surface area contributed by atoms with Crippen molar-refractivity contribution in [2.45, 2.75) is 83.2 Å². The Morgan fingerprint density at radius 3 is 2.00 bits per heavy atom. The summed E-state index contributed by atoms with van der Waals surface area (Å²) < 4.78 is 5.48. The van der Waals surface area contributed by atoms with Crippen LogP contribution in [0.1, 0.15) is 81.5 Å². The molecule has 0 aromatic heterocycles. The van der Waals surface area contributed by atoms with Crippen molar-refractivity contribution >= 4 is 23.4 Å². The van der Waals surface area contributed by atoms with E-state index < -0.39 is 0 Å². The van der Waals surface area contributed by atoms with Crippen molar-refractivity contribution in [3.8, 4) is 0 Å². The van der Waals surface area contributed by atoms with Crippen LogP contribution in [-0.2, 0) is 14.3 Å². The van der Waals surface area contributed by atoms with Gasteiger partial charge in [-0.1, -0.05) is 38.5 Å². The Labute approximate surface area is 221 Å². The lowest BCUT2D eigenvalue weighted by Gasteiger charge is -2.42. The first-order valence-electron chi connectivity index (χ1n) is 14.3. The average molecular weight is 513 g/mol. The fraction of sp³-hybridized carbons (Fsp3) is 0.690. The minimum absolute atomic E-state index is 0.101. The van der Waals surface area contributed by atoms with Crippen LogP contribution in [0.2, 0.25) is 0 Å². The smallest absolute Gasteiger partial charge is 0.254 e. The Hall–Kier alpha value is -2.45. The largest absolute Gasteiger partial charge is 0.379 e. The van der Waals surface area contributed by atoms with E-state index in [0.717, 1.165) is 45.3 Å². The van der Waals surface area contributed by atoms with Crippen LogP contribution in [0.25, 0.3) is 0 Å². The number of rotatable bonds is 9. The van der Waals surface area contributed by atoms with Gasteiger partial charge in [0.25, 0.3) is 5.91 Å². The predicted octanol–water partition coefficient (Wildman–Crippen LogP) is 3.91. The molecule has 0 atom stereocenters. The summed E-state index contributed by atoms with van der Waals surface area (Å²) in [7, 11) is 0. The molecule has 4 rings (SSSR count). The van der Waals surface area contributed by atoms with Crippen molar-refractivity contribution in [2.75, 3.05) is 51.3 Å². The normalized spacial score (nSPS) is 19.8.